The van der Waals surface area contributed by atoms with Gasteiger partial charge in [-0.2, -0.15) is 13.2 Å². The van der Waals surface area contributed by atoms with Gasteiger partial charge in [-0.05, 0) is 36.0 Å². The minimum atomic E-state index is -4.05. The van der Waals surface area contributed by atoms with Crippen LogP contribution in [-0.4, -0.2) is 17.7 Å². The van der Waals surface area contributed by atoms with Gasteiger partial charge in [-0.25, -0.2) is 0 Å². The standard InChI is InChI=1S/C13H15F3N2/c14-13(15,16)5-1-6-17-9-10-2-3-11-4-7-18-12(11)8-10/h2-4,7-8,17-18H,1,5-6,9H2. The molecule has 0 aliphatic rings. The van der Waals surface area contributed by atoms with E-state index in [-0.39, 0.29) is 6.42 Å². The van der Waals surface area contributed by atoms with Crippen LogP contribution in [0.4, 0.5) is 13.2 Å². The molecule has 5 heteroatoms. The first-order valence-corrected chi connectivity index (χ1v) is 5.88. The highest BCUT2D eigenvalue weighted by molar-refractivity contribution is 5.79. The molecular formula is C13H15F3N2. The molecule has 0 spiro atoms. The van der Waals surface area contributed by atoms with Crippen molar-refractivity contribution in [2.45, 2.75) is 25.6 Å². The van der Waals surface area contributed by atoms with Gasteiger partial charge in [0.1, 0.15) is 0 Å². The van der Waals surface area contributed by atoms with Crippen molar-refractivity contribution in [2.75, 3.05) is 6.54 Å². The Hall–Kier alpha value is -1.49. The van der Waals surface area contributed by atoms with Gasteiger partial charge in [0.2, 0.25) is 0 Å². The minimum Gasteiger partial charge on any atom is -0.361 e. The fourth-order valence-electron chi connectivity index (χ4n) is 1.85. The number of aromatic nitrogens is 1. The molecule has 0 atom stereocenters. The number of aromatic amines is 1. The van der Waals surface area contributed by atoms with Crippen molar-refractivity contribution in [1.29, 1.82) is 0 Å². The van der Waals surface area contributed by atoms with Crippen LogP contribution < -0.4 is 5.32 Å². The van der Waals surface area contributed by atoms with Gasteiger partial charge < -0.3 is 10.3 Å². The number of hydrogen-bond acceptors (Lipinski definition) is 1. The van der Waals surface area contributed by atoms with Gasteiger partial charge >= 0.3 is 6.18 Å². The van der Waals surface area contributed by atoms with Gasteiger partial charge in [-0.15, -0.1) is 0 Å². The number of alkyl halides is 3. The summed E-state index contributed by atoms with van der Waals surface area (Å²) in [6.45, 7) is 0.967. The SMILES string of the molecule is FC(F)(F)CCCNCc1ccc2cc[nH]c2c1. The monoisotopic (exact) mass is 256 g/mol. The van der Waals surface area contributed by atoms with Gasteiger partial charge in [-0.3, -0.25) is 0 Å². The second-order valence-corrected chi connectivity index (χ2v) is 4.29. The lowest BCUT2D eigenvalue weighted by Gasteiger charge is -2.07. The van der Waals surface area contributed by atoms with E-state index in [1.54, 1.807) is 0 Å². The van der Waals surface area contributed by atoms with Crippen LogP contribution in [0.3, 0.4) is 0 Å². The number of nitrogens with one attached hydrogen (secondary N) is 2. The van der Waals surface area contributed by atoms with Crippen molar-refractivity contribution < 1.29 is 13.2 Å². The first-order chi connectivity index (χ1) is 8.54. The summed E-state index contributed by atoms with van der Waals surface area (Å²) in [7, 11) is 0. The number of halogens is 3. The number of fused-ring (bicyclic) bond motifs is 1. The Morgan fingerprint density at radius 1 is 1.17 bits per heavy atom. The highest BCUT2D eigenvalue weighted by atomic mass is 19.4. The van der Waals surface area contributed by atoms with Crippen LogP contribution in [0.25, 0.3) is 10.9 Å². The third-order valence-electron chi connectivity index (χ3n) is 2.76. The summed E-state index contributed by atoms with van der Waals surface area (Å²) in [6.07, 6.45) is -2.79. The van der Waals surface area contributed by atoms with E-state index in [0.29, 0.717) is 13.1 Å². The van der Waals surface area contributed by atoms with E-state index in [4.69, 9.17) is 0 Å². The van der Waals surface area contributed by atoms with E-state index >= 15 is 0 Å². The highest BCUT2D eigenvalue weighted by Crippen LogP contribution is 2.20. The molecule has 0 radical (unpaired) electrons. The molecule has 1 aromatic heterocycles. The minimum absolute atomic E-state index is 0.119. The van der Waals surface area contributed by atoms with E-state index in [1.165, 1.54) is 0 Å². The van der Waals surface area contributed by atoms with Gasteiger partial charge in [0.25, 0.3) is 0 Å². The fraction of sp³-hybridized carbons (Fsp3) is 0.385. The van der Waals surface area contributed by atoms with Crippen LogP contribution in [0.2, 0.25) is 0 Å². The van der Waals surface area contributed by atoms with Crippen LogP contribution in [0, 0.1) is 0 Å². The zero-order chi connectivity index (χ0) is 13.0. The van der Waals surface area contributed by atoms with Gasteiger partial charge in [-0.1, -0.05) is 12.1 Å². The summed E-state index contributed by atoms with van der Waals surface area (Å²) in [5.74, 6) is 0. The average Bonchev–Trinajstić information content (AvgIpc) is 2.74. The topological polar surface area (TPSA) is 27.8 Å². The maximum atomic E-state index is 11.9. The average molecular weight is 256 g/mol. The maximum absolute atomic E-state index is 11.9. The lowest BCUT2D eigenvalue weighted by molar-refractivity contribution is -0.135. The van der Waals surface area contributed by atoms with Crippen molar-refractivity contribution in [2.24, 2.45) is 0 Å². The Balaban J connectivity index is 1.76. The second kappa shape index (κ2) is 5.44. The lowest BCUT2D eigenvalue weighted by Crippen LogP contribution is -2.17. The van der Waals surface area contributed by atoms with E-state index < -0.39 is 12.6 Å². The third kappa shape index (κ3) is 3.77. The smallest absolute Gasteiger partial charge is 0.361 e. The van der Waals surface area contributed by atoms with Crippen molar-refractivity contribution >= 4 is 10.9 Å². The number of H-pyrrole nitrogens is 1. The van der Waals surface area contributed by atoms with Gasteiger partial charge in [0, 0.05) is 24.7 Å². The predicted molar refractivity (Wildman–Crippen MR) is 65.3 cm³/mol. The van der Waals surface area contributed by atoms with Crippen molar-refractivity contribution in [3.63, 3.8) is 0 Å². The molecule has 0 unspecified atom stereocenters. The molecule has 2 N–H and O–H groups in total. The normalized spacial score (nSPS) is 12.2. The first kappa shape index (κ1) is 13.0. The third-order valence-corrected chi connectivity index (χ3v) is 2.76. The van der Waals surface area contributed by atoms with Crippen LogP contribution in [0.5, 0.6) is 0 Å². The summed E-state index contributed by atoms with van der Waals surface area (Å²) in [5, 5.41) is 4.15. The van der Waals surface area contributed by atoms with E-state index in [9.17, 15) is 13.2 Å². The molecule has 2 rings (SSSR count). The lowest BCUT2D eigenvalue weighted by atomic mass is 10.1. The zero-order valence-corrected chi connectivity index (χ0v) is 9.85. The molecule has 2 nitrogen and oxygen atoms in total. The molecule has 18 heavy (non-hydrogen) atoms. The van der Waals surface area contributed by atoms with E-state index in [0.717, 1.165) is 16.5 Å². The Kier molecular flexibility index (Phi) is 3.91. The largest absolute Gasteiger partial charge is 0.389 e. The predicted octanol–water partition coefficient (Wildman–Crippen LogP) is 3.60. The van der Waals surface area contributed by atoms with Crippen LogP contribution in [0.1, 0.15) is 18.4 Å². The van der Waals surface area contributed by atoms with Crippen molar-refractivity contribution in [3.8, 4) is 0 Å². The summed E-state index contributed by atoms with van der Waals surface area (Å²) in [5.41, 5.74) is 2.11. The van der Waals surface area contributed by atoms with Crippen LogP contribution in [-0.2, 0) is 6.54 Å². The van der Waals surface area contributed by atoms with Gasteiger partial charge in [0.05, 0.1) is 0 Å². The molecule has 0 bridgehead atoms. The number of rotatable bonds is 5. The molecule has 0 fully saturated rings. The van der Waals surface area contributed by atoms with Crippen molar-refractivity contribution in [3.05, 3.63) is 36.0 Å². The molecule has 1 heterocycles. The Morgan fingerprint density at radius 3 is 2.78 bits per heavy atom. The molecule has 0 aliphatic heterocycles. The Bertz CT molecular complexity index is 502. The highest BCUT2D eigenvalue weighted by Gasteiger charge is 2.25. The second-order valence-electron chi connectivity index (χ2n) is 4.29. The summed E-state index contributed by atoms with van der Waals surface area (Å²) in [6, 6.07) is 7.97. The molecule has 98 valence electrons. The maximum Gasteiger partial charge on any atom is 0.389 e. The summed E-state index contributed by atoms with van der Waals surface area (Å²) < 4.78 is 35.7. The Morgan fingerprint density at radius 2 is 2.00 bits per heavy atom. The fourth-order valence-corrected chi connectivity index (χ4v) is 1.85. The van der Waals surface area contributed by atoms with Crippen molar-refractivity contribution in [1.82, 2.24) is 10.3 Å². The molecule has 1 aromatic carbocycles. The quantitative estimate of drug-likeness (QED) is 0.786. The molecule has 0 saturated carbocycles. The zero-order valence-electron chi connectivity index (χ0n) is 9.85. The molecular weight excluding hydrogens is 241 g/mol. The number of hydrogen-bond donors (Lipinski definition) is 2. The van der Waals surface area contributed by atoms with Crippen LogP contribution >= 0.6 is 0 Å². The van der Waals surface area contributed by atoms with E-state index in [2.05, 4.69) is 10.3 Å². The Labute approximate surface area is 103 Å². The van der Waals surface area contributed by atoms with E-state index in [1.807, 2.05) is 30.5 Å². The molecule has 2 aromatic rings. The summed E-state index contributed by atoms with van der Waals surface area (Å²) >= 11 is 0. The number of benzene rings is 1. The molecule has 0 amide bonds. The summed E-state index contributed by atoms with van der Waals surface area (Å²) in [4.78, 5) is 3.10. The van der Waals surface area contributed by atoms with Crippen LogP contribution in [0.15, 0.2) is 30.5 Å². The first-order valence-electron chi connectivity index (χ1n) is 5.88. The van der Waals surface area contributed by atoms with Gasteiger partial charge in [0.15, 0.2) is 0 Å². The molecule has 0 aliphatic carbocycles. The molecule has 0 saturated heterocycles.